The van der Waals surface area contributed by atoms with Crippen LogP contribution in [0.25, 0.3) is 0 Å². The first-order valence-electron chi connectivity index (χ1n) is 10.2. The van der Waals surface area contributed by atoms with Crippen molar-refractivity contribution in [1.82, 2.24) is 15.5 Å². The Labute approximate surface area is 173 Å². The van der Waals surface area contributed by atoms with Crippen LogP contribution in [0.3, 0.4) is 0 Å². The topological polar surface area (TPSA) is 66.0 Å². The molecule has 1 amide bonds. The molecule has 6 nitrogen and oxygen atoms in total. The fourth-order valence-corrected chi connectivity index (χ4v) is 3.74. The number of likely N-dealkylation sites (tertiary alicyclic amines) is 1. The molecule has 2 rings (SSSR count). The van der Waals surface area contributed by atoms with Crippen molar-refractivity contribution < 1.29 is 9.53 Å². The number of nitrogens with zero attached hydrogens (tertiary/aromatic N) is 2. The Kier molecular flexibility index (Phi) is 9.41. The normalized spacial score (nSPS) is 15.6. The number of benzene rings is 1. The van der Waals surface area contributed by atoms with Crippen molar-refractivity contribution in [1.29, 1.82) is 0 Å². The molecule has 0 spiro atoms. The number of hydrogen-bond donors (Lipinski definition) is 2. The van der Waals surface area contributed by atoms with Crippen molar-refractivity contribution in [2.75, 3.05) is 33.3 Å². The van der Waals surface area contributed by atoms with Crippen molar-refractivity contribution in [2.45, 2.75) is 52.0 Å². The van der Waals surface area contributed by atoms with Gasteiger partial charge >= 0.3 is 0 Å². The van der Waals surface area contributed by atoms with Crippen molar-refractivity contribution in [2.24, 2.45) is 4.99 Å². The highest BCUT2D eigenvalue weighted by atomic mass is 35.5. The van der Waals surface area contributed by atoms with Gasteiger partial charge in [-0.05, 0) is 50.3 Å². The van der Waals surface area contributed by atoms with Crippen LogP contribution in [0.1, 0.15) is 45.1 Å². The van der Waals surface area contributed by atoms with E-state index in [1.807, 2.05) is 23.1 Å². The number of ether oxygens (including phenoxy) is 1. The van der Waals surface area contributed by atoms with Gasteiger partial charge in [0.05, 0.1) is 7.11 Å². The minimum absolute atomic E-state index is 0.289. The Hall–Kier alpha value is -1.95. The minimum atomic E-state index is 0.289. The summed E-state index contributed by atoms with van der Waals surface area (Å²) in [5.74, 6) is 1.85. The van der Waals surface area contributed by atoms with Crippen LogP contribution in [0.5, 0.6) is 5.75 Å². The molecule has 0 radical (unpaired) electrons. The molecule has 1 aliphatic rings. The Morgan fingerprint density at radius 2 is 2.18 bits per heavy atom. The molecular formula is C21H33ClN4O2. The third-order valence-corrected chi connectivity index (χ3v) is 5.40. The van der Waals surface area contributed by atoms with Gasteiger partial charge in [-0.25, -0.2) is 0 Å². The molecule has 1 aliphatic heterocycles. The van der Waals surface area contributed by atoms with Crippen LogP contribution < -0.4 is 15.4 Å². The predicted octanol–water partition coefficient (Wildman–Crippen LogP) is 3.24. The lowest BCUT2D eigenvalue weighted by Gasteiger charge is -2.26. The molecular weight excluding hydrogens is 376 g/mol. The van der Waals surface area contributed by atoms with E-state index >= 15 is 0 Å². The van der Waals surface area contributed by atoms with Crippen molar-refractivity contribution in [3.63, 3.8) is 0 Å². The summed E-state index contributed by atoms with van der Waals surface area (Å²) in [6.07, 6.45) is 4.34. The van der Waals surface area contributed by atoms with Gasteiger partial charge in [0.2, 0.25) is 5.91 Å². The fraction of sp³-hybridized carbons (Fsp3) is 0.619. The van der Waals surface area contributed by atoms with E-state index in [1.165, 1.54) is 0 Å². The average Bonchev–Trinajstić information content (AvgIpc) is 3.12. The van der Waals surface area contributed by atoms with Crippen LogP contribution >= 0.6 is 11.6 Å². The van der Waals surface area contributed by atoms with Crippen molar-refractivity contribution in [3.8, 4) is 5.75 Å². The van der Waals surface area contributed by atoms with E-state index in [0.29, 0.717) is 24.0 Å². The van der Waals surface area contributed by atoms with Crippen LogP contribution in [-0.4, -0.2) is 56.1 Å². The van der Waals surface area contributed by atoms with Gasteiger partial charge in [-0.15, -0.1) is 0 Å². The fourth-order valence-electron chi connectivity index (χ4n) is 3.48. The average molecular weight is 409 g/mol. The third kappa shape index (κ3) is 6.59. The second-order valence-corrected chi connectivity index (χ2v) is 7.34. The largest absolute Gasteiger partial charge is 0.497 e. The summed E-state index contributed by atoms with van der Waals surface area (Å²) < 4.78 is 5.19. The maximum absolute atomic E-state index is 12.0. The highest BCUT2D eigenvalue weighted by molar-refractivity contribution is 6.31. The molecule has 2 N–H and O–H groups in total. The zero-order valence-electron chi connectivity index (χ0n) is 17.3. The Morgan fingerprint density at radius 1 is 1.36 bits per heavy atom. The first-order valence-corrected chi connectivity index (χ1v) is 10.6. The van der Waals surface area contributed by atoms with Gasteiger partial charge in [0.15, 0.2) is 5.96 Å². The molecule has 28 heavy (non-hydrogen) atoms. The number of rotatable bonds is 10. The van der Waals surface area contributed by atoms with E-state index in [0.717, 1.165) is 62.6 Å². The number of amides is 1. The molecule has 0 bridgehead atoms. The van der Waals surface area contributed by atoms with Crippen LogP contribution in [0.15, 0.2) is 23.2 Å². The molecule has 1 fully saturated rings. The summed E-state index contributed by atoms with van der Waals surface area (Å²) in [5.41, 5.74) is 1.07. The van der Waals surface area contributed by atoms with Gasteiger partial charge in [0.1, 0.15) is 5.75 Å². The molecule has 1 heterocycles. The Morgan fingerprint density at radius 3 is 2.79 bits per heavy atom. The van der Waals surface area contributed by atoms with E-state index in [2.05, 4.69) is 29.5 Å². The quantitative estimate of drug-likeness (QED) is 0.460. The molecule has 156 valence electrons. The minimum Gasteiger partial charge on any atom is -0.497 e. The van der Waals surface area contributed by atoms with E-state index in [4.69, 9.17) is 16.3 Å². The molecule has 7 heteroatoms. The summed E-state index contributed by atoms with van der Waals surface area (Å²) in [5, 5.41) is 7.35. The first kappa shape index (κ1) is 22.3. The molecule has 1 atom stereocenters. The maximum atomic E-state index is 12.0. The summed E-state index contributed by atoms with van der Waals surface area (Å²) in [6, 6.07) is 6.04. The van der Waals surface area contributed by atoms with E-state index in [-0.39, 0.29) is 5.91 Å². The second-order valence-electron chi connectivity index (χ2n) is 6.94. The Bertz CT molecular complexity index is 666. The van der Waals surface area contributed by atoms with Gasteiger partial charge < -0.3 is 20.3 Å². The van der Waals surface area contributed by atoms with E-state index in [9.17, 15) is 4.79 Å². The number of halogens is 1. The lowest BCUT2D eigenvalue weighted by atomic mass is 10.1. The lowest BCUT2D eigenvalue weighted by molar-refractivity contribution is -0.129. The van der Waals surface area contributed by atoms with Gasteiger partial charge in [0, 0.05) is 43.7 Å². The van der Waals surface area contributed by atoms with Gasteiger partial charge in [-0.3, -0.25) is 9.79 Å². The standard InChI is InChI=1S/C21H33ClN4O2/c1-4-17(26-14-6-7-20(26)27)11-13-25-21(23-5-2)24-12-10-16-8-9-18(28-3)15-19(16)22/h8-9,15,17H,4-7,10-14H2,1-3H3,(H2,23,24,25). The summed E-state index contributed by atoms with van der Waals surface area (Å²) >= 11 is 6.31. The smallest absolute Gasteiger partial charge is 0.222 e. The highest BCUT2D eigenvalue weighted by Crippen LogP contribution is 2.22. The first-order chi connectivity index (χ1) is 13.6. The SMILES string of the molecule is CCNC(=NCCC(CC)N1CCCC1=O)NCCc1ccc(OC)cc1Cl. The summed E-state index contributed by atoms with van der Waals surface area (Å²) in [6.45, 7) is 7.32. The zero-order valence-corrected chi connectivity index (χ0v) is 18.0. The van der Waals surface area contributed by atoms with Crippen LogP contribution in [0.2, 0.25) is 5.02 Å². The number of hydrogen-bond acceptors (Lipinski definition) is 3. The summed E-state index contributed by atoms with van der Waals surface area (Å²) in [4.78, 5) is 18.7. The molecule has 0 aliphatic carbocycles. The maximum Gasteiger partial charge on any atom is 0.222 e. The van der Waals surface area contributed by atoms with Crippen molar-refractivity contribution >= 4 is 23.5 Å². The zero-order chi connectivity index (χ0) is 20.4. The number of guanidine groups is 1. The van der Waals surface area contributed by atoms with E-state index < -0.39 is 0 Å². The van der Waals surface area contributed by atoms with Gasteiger partial charge in [-0.1, -0.05) is 24.6 Å². The predicted molar refractivity (Wildman–Crippen MR) is 115 cm³/mol. The number of methoxy groups -OCH3 is 1. The lowest BCUT2D eigenvalue weighted by Crippen LogP contribution is -2.39. The summed E-state index contributed by atoms with van der Waals surface area (Å²) in [7, 11) is 1.63. The molecule has 1 aromatic carbocycles. The van der Waals surface area contributed by atoms with Gasteiger partial charge in [0.25, 0.3) is 0 Å². The monoisotopic (exact) mass is 408 g/mol. The van der Waals surface area contributed by atoms with Crippen LogP contribution in [-0.2, 0) is 11.2 Å². The molecule has 0 aromatic heterocycles. The number of nitrogens with one attached hydrogen (secondary N) is 2. The Balaban J connectivity index is 1.83. The number of carbonyl (C=O) groups excluding carboxylic acids is 1. The second kappa shape index (κ2) is 11.8. The van der Waals surface area contributed by atoms with Gasteiger partial charge in [-0.2, -0.15) is 0 Å². The van der Waals surface area contributed by atoms with E-state index in [1.54, 1.807) is 7.11 Å². The molecule has 1 saturated heterocycles. The third-order valence-electron chi connectivity index (χ3n) is 5.05. The molecule has 1 aromatic rings. The molecule has 0 saturated carbocycles. The molecule has 1 unspecified atom stereocenters. The highest BCUT2D eigenvalue weighted by Gasteiger charge is 2.26. The van der Waals surface area contributed by atoms with Crippen LogP contribution in [0.4, 0.5) is 0 Å². The van der Waals surface area contributed by atoms with Crippen molar-refractivity contribution in [3.05, 3.63) is 28.8 Å². The van der Waals surface area contributed by atoms with Crippen LogP contribution in [0, 0.1) is 0 Å². The number of aliphatic imine (C=N–C) groups is 1. The number of carbonyl (C=O) groups is 1.